The molecule has 0 saturated carbocycles. The first-order valence-corrected chi connectivity index (χ1v) is 23.1. The lowest BCUT2D eigenvalue weighted by atomic mass is 9.97. The van der Waals surface area contributed by atoms with Crippen LogP contribution in [0.25, 0.3) is 94.5 Å². The molecule has 1 unspecified atom stereocenters. The Labute approximate surface area is 366 Å². The monoisotopic (exact) mass is 822 g/mol. The third kappa shape index (κ3) is 6.12. The smallest absolute Gasteiger partial charge is 0.172 e. The molecule has 0 radical (unpaired) electrons. The Balaban J connectivity index is 1.00. The van der Waals surface area contributed by atoms with E-state index in [0.29, 0.717) is 0 Å². The topological polar surface area (TPSA) is 34.9 Å². The fraction of sp³-hybridized carbons (Fsp3) is 0. The number of benzene rings is 9. The normalized spacial score (nSPS) is 14.2. The summed E-state index contributed by atoms with van der Waals surface area (Å²) in [7, 11) is -3.13. The van der Waals surface area contributed by atoms with Gasteiger partial charge in [0.1, 0.15) is 0 Å². The van der Waals surface area contributed by atoms with Crippen molar-refractivity contribution >= 4 is 44.9 Å². The zero-order valence-corrected chi connectivity index (χ0v) is 35.2. The summed E-state index contributed by atoms with van der Waals surface area (Å²) < 4.78 is 17.9. The molecule has 63 heavy (non-hydrogen) atoms. The highest BCUT2D eigenvalue weighted by molar-refractivity contribution is 7.86. The van der Waals surface area contributed by atoms with Crippen LogP contribution in [-0.4, -0.2) is 9.55 Å². The van der Waals surface area contributed by atoms with Crippen LogP contribution in [0.5, 0.6) is 0 Å². The van der Waals surface area contributed by atoms with Crippen molar-refractivity contribution in [1.82, 2.24) is 9.55 Å². The van der Waals surface area contributed by atoms with Crippen molar-refractivity contribution in [3.05, 3.63) is 237 Å². The third-order valence-electron chi connectivity index (χ3n) is 12.6. The van der Waals surface area contributed by atoms with E-state index in [1.54, 1.807) is 0 Å². The summed E-state index contributed by atoms with van der Waals surface area (Å²) in [6.07, 6.45) is 0. The molecule has 0 amide bonds. The number of hydrogen-bond acceptors (Lipinski definition) is 2. The quantitative estimate of drug-likeness (QED) is 0.150. The molecule has 0 fully saturated rings. The summed E-state index contributed by atoms with van der Waals surface area (Å²) in [6, 6.07) is 82.9. The van der Waals surface area contributed by atoms with Gasteiger partial charge in [-0.3, -0.25) is 0 Å². The number of pyridine rings is 1. The SMILES string of the molecule is O=P1(c2ccccc2)c2ccccc2-c2c1ccc1c3ccccc3n(-c3ccc(-c4cc(-c5ccc(-c6ccccc6)cc5)nc(-c5ccc(-c6ccccc6)cc5)c4)cc3)c21. The van der Waals surface area contributed by atoms with Crippen molar-refractivity contribution in [2.24, 2.45) is 0 Å². The Morgan fingerprint density at radius 1 is 0.365 bits per heavy atom. The lowest BCUT2D eigenvalue weighted by Gasteiger charge is -2.16. The van der Waals surface area contributed by atoms with E-state index in [1.165, 1.54) is 27.6 Å². The van der Waals surface area contributed by atoms with Gasteiger partial charge in [-0.2, -0.15) is 0 Å². The van der Waals surface area contributed by atoms with Crippen LogP contribution in [0.15, 0.2) is 237 Å². The highest BCUT2D eigenvalue weighted by Gasteiger charge is 2.41. The fourth-order valence-corrected chi connectivity index (χ4v) is 12.6. The van der Waals surface area contributed by atoms with Gasteiger partial charge < -0.3 is 9.13 Å². The second-order valence-electron chi connectivity index (χ2n) is 16.2. The van der Waals surface area contributed by atoms with Crippen molar-refractivity contribution < 1.29 is 4.57 Å². The number of fused-ring (bicyclic) bond motifs is 7. The molecule has 9 aromatic carbocycles. The molecule has 296 valence electrons. The third-order valence-corrected chi connectivity index (χ3v) is 15.8. The maximum absolute atomic E-state index is 15.6. The van der Waals surface area contributed by atoms with E-state index in [0.717, 1.165) is 82.8 Å². The van der Waals surface area contributed by atoms with E-state index >= 15 is 4.57 Å². The molecular formula is C59H39N2OP. The fourth-order valence-electron chi connectivity index (χ4n) is 9.57. The first kappa shape index (κ1) is 37.0. The first-order valence-electron chi connectivity index (χ1n) is 21.4. The van der Waals surface area contributed by atoms with Gasteiger partial charge >= 0.3 is 0 Å². The number of para-hydroxylation sites is 1. The largest absolute Gasteiger partial charge is 0.309 e. The van der Waals surface area contributed by atoms with Gasteiger partial charge in [-0.1, -0.05) is 200 Å². The average Bonchev–Trinajstić information content (AvgIpc) is 3.84. The van der Waals surface area contributed by atoms with Crippen molar-refractivity contribution in [3.63, 3.8) is 0 Å². The summed E-state index contributed by atoms with van der Waals surface area (Å²) in [6.45, 7) is 0. The molecule has 0 saturated heterocycles. The van der Waals surface area contributed by atoms with Gasteiger partial charge in [-0.15, -0.1) is 0 Å². The van der Waals surface area contributed by atoms with Crippen LogP contribution >= 0.6 is 7.14 Å². The van der Waals surface area contributed by atoms with Crippen molar-refractivity contribution in [3.8, 4) is 72.7 Å². The van der Waals surface area contributed by atoms with E-state index in [9.17, 15) is 0 Å². The van der Waals surface area contributed by atoms with Gasteiger partial charge in [-0.25, -0.2) is 4.98 Å². The zero-order valence-electron chi connectivity index (χ0n) is 34.3. The second-order valence-corrected chi connectivity index (χ2v) is 18.9. The van der Waals surface area contributed by atoms with Crippen LogP contribution in [0.4, 0.5) is 0 Å². The Kier molecular flexibility index (Phi) is 8.78. The molecule has 12 rings (SSSR count). The maximum atomic E-state index is 15.6. The van der Waals surface area contributed by atoms with Crippen molar-refractivity contribution in [1.29, 1.82) is 0 Å². The van der Waals surface area contributed by atoms with Gasteiger partial charge in [-0.05, 0) is 75.3 Å². The van der Waals surface area contributed by atoms with Gasteiger partial charge in [0.25, 0.3) is 0 Å². The number of aromatic nitrogens is 2. The molecule has 0 spiro atoms. The minimum Gasteiger partial charge on any atom is -0.309 e. The first-order chi connectivity index (χ1) is 31.1. The summed E-state index contributed by atoms with van der Waals surface area (Å²) in [5.41, 5.74) is 16.2. The Bertz CT molecular complexity index is 3440. The predicted molar refractivity (Wildman–Crippen MR) is 264 cm³/mol. The molecule has 0 N–H and O–H groups in total. The average molecular weight is 823 g/mol. The lowest BCUT2D eigenvalue weighted by Crippen LogP contribution is -2.20. The Hall–Kier alpha value is -7.84. The molecule has 11 aromatic rings. The van der Waals surface area contributed by atoms with Crippen molar-refractivity contribution in [2.45, 2.75) is 0 Å². The minimum atomic E-state index is -3.13. The van der Waals surface area contributed by atoms with Crippen LogP contribution in [0, 0.1) is 0 Å². The van der Waals surface area contributed by atoms with Crippen LogP contribution in [0.2, 0.25) is 0 Å². The Morgan fingerprint density at radius 2 is 0.841 bits per heavy atom. The molecule has 3 heterocycles. The Morgan fingerprint density at radius 3 is 1.46 bits per heavy atom. The van der Waals surface area contributed by atoms with E-state index < -0.39 is 7.14 Å². The number of hydrogen-bond donors (Lipinski definition) is 0. The molecule has 1 atom stereocenters. The molecular weight excluding hydrogens is 784 g/mol. The van der Waals surface area contributed by atoms with E-state index in [1.807, 2.05) is 48.5 Å². The maximum Gasteiger partial charge on any atom is 0.172 e. The van der Waals surface area contributed by atoms with Crippen LogP contribution < -0.4 is 15.9 Å². The summed E-state index contributed by atoms with van der Waals surface area (Å²) in [4.78, 5) is 5.29. The summed E-state index contributed by atoms with van der Waals surface area (Å²) in [5.74, 6) is 0. The van der Waals surface area contributed by atoms with E-state index in [2.05, 4.69) is 193 Å². The predicted octanol–water partition coefficient (Wildman–Crippen LogP) is 14.1. The molecule has 0 bridgehead atoms. The number of rotatable bonds is 7. The van der Waals surface area contributed by atoms with Gasteiger partial charge in [0.2, 0.25) is 0 Å². The van der Waals surface area contributed by atoms with Gasteiger partial charge in [0.15, 0.2) is 7.14 Å². The van der Waals surface area contributed by atoms with Gasteiger partial charge in [0.05, 0.1) is 22.4 Å². The molecule has 1 aliphatic rings. The minimum absolute atomic E-state index is 0.859. The van der Waals surface area contributed by atoms with E-state index in [4.69, 9.17) is 4.98 Å². The molecule has 2 aromatic heterocycles. The van der Waals surface area contributed by atoms with Crippen LogP contribution in [0.1, 0.15) is 0 Å². The lowest BCUT2D eigenvalue weighted by molar-refractivity contribution is 0.593. The summed E-state index contributed by atoms with van der Waals surface area (Å²) >= 11 is 0. The van der Waals surface area contributed by atoms with E-state index in [-0.39, 0.29) is 0 Å². The number of nitrogens with zero attached hydrogens (tertiary/aromatic N) is 2. The van der Waals surface area contributed by atoms with Crippen LogP contribution in [0.3, 0.4) is 0 Å². The van der Waals surface area contributed by atoms with Crippen LogP contribution in [-0.2, 0) is 4.57 Å². The molecule has 3 nitrogen and oxygen atoms in total. The van der Waals surface area contributed by atoms with Gasteiger partial charge in [0, 0.05) is 49.1 Å². The summed E-state index contributed by atoms with van der Waals surface area (Å²) in [5, 5.41) is 4.97. The highest BCUT2D eigenvalue weighted by atomic mass is 31.2. The molecule has 4 heteroatoms. The highest BCUT2D eigenvalue weighted by Crippen LogP contribution is 2.54. The van der Waals surface area contributed by atoms with Crippen molar-refractivity contribution in [2.75, 3.05) is 0 Å². The zero-order chi connectivity index (χ0) is 41.9. The second kappa shape index (κ2) is 15.0. The molecule has 0 aliphatic carbocycles. The molecule has 1 aliphatic heterocycles. The standard InChI is InChI=1S/C59H39N2OP/c62-63(49-18-8-3-9-19-49)56-23-13-11-21-52(56)58-57(63)37-36-51-50-20-10-12-22-55(50)61(59(51)58)48-34-32-44(33-35-48)47-38-53(45-28-24-42(25-29-45)40-14-4-1-5-15-40)60-54(39-47)46-30-26-43(27-31-46)41-16-6-2-7-17-41/h1-39H.